The highest BCUT2D eigenvalue weighted by atomic mass is 32.2. The van der Waals surface area contributed by atoms with Crippen molar-refractivity contribution in [2.45, 2.75) is 23.6 Å². The van der Waals surface area contributed by atoms with E-state index in [1.165, 1.54) is 32.7 Å². The molecule has 9 heteroatoms. The summed E-state index contributed by atoms with van der Waals surface area (Å²) in [6.45, 7) is 2.49. The van der Waals surface area contributed by atoms with Crippen molar-refractivity contribution in [3.8, 4) is 0 Å². The molecule has 0 heterocycles. The summed E-state index contributed by atoms with van der Waals surface area (Å²) in [7, 11) is 1.42. The van der Waals surface area contributed by atoms with E-state index in [4.69, 9.17) is 4.74 Å². The van der Waals surface area contributed by atoms with E-state index in [1.54, 1.807) is 12.1 Å². The number of hydrogen-bond donors (Lipinski definition) is 3. The van der Waals surface area contributed by atoms with Crippen LogP contribution in [-0.2, 0) is 19.1 Å². The number of anilines is 1. The fraction of sp³-hybridized carbons (Fsp3) is 0.200. The van der Waals surface area contributed by atoms with E-state index < -0.39 is 11.8 Å². The average molecular weight is 414 g/mol. The molecular formula is C20H22N4O4S. The van der Waals surface area contributed by atoms with Crippen molar-refractivity contribution in [3.63, 3.8) is 0 Å². The largest absolute Gasteiger partial charge is 0.375 e. The van der Waals surface area contributed by atoms with Crippen LogP contribution in [0.4, 0.5) is 11.4 Å². The second-order valence-electron chi connectivity index (χ2n) is 5.90. The summed E-state index contributed by atoms with van der Waals surface area (Å²) < 4.78 is 4.86. The number of aliphatic imine (C=N–C) groups is 1. The van der Waals surface area contributed by atoms with Gasteiger partial charge in [-0.2, -0.15) is 0 Å². The molecule has 0 aromatic heterocycles. The molecule has 0 unspecified atom stereocenters. The van der Waals surface area contributed by atoms with Crippen LogP contribution < -0.4 is 16.0 Å². The van der Waals surface area contributed by atoms with Gasteiger partial charge in [0.15, 0.2) is 0 Å². The lowest BCUT2D eigenvalue weighted by atomic mass is 10.2. The Bertz CT molecular complexity index is 898. The molecule has 0 spiro atoms. The average Bonchev–Trinajstić information content (AvgIpc) is 2.64. The first-order valence-corrected chi connectivity index (χ1v) is 9.48. The fourth-order valence-corrected chi connectivity index (χ4v) is 3.14. The standard InChI is InChI=1S/C20H22N4O4S/c1-13(25)21-20(22-14(2)26)24-17-10-9-16(29-15-7-5-4-6-8-15)11-18(17)23-19(27)12-28-3/h4-11H,12H2,1-3H3,(H,23,27)(H2,21,22,24,25,26). The van der Waals surface area contributed by atoms with Crippen molar-refractivity contribution in [1.82, 2.24) is 10.6 Å². The highest BCUT2D eigenvalue weighted by Gasteiger charge is 2.11. The molecule has 0 aliphatic heterocycles. The molecule has 3 N–H and O–H groups in total. The van der Waals surface area contributed by atoms with Gasteiger partial charge < -0.3 is 10.1 Å². The zero-order valence-electron chi connectivity index (χ0n) is 16.3. The number of nitrogens with zero attached hydrogens (tertiary/aromatic N) is 1. The molecule has 0 radical (unpaired) electrons. The van der Waals surface area contributed by atoms with Gasteiger partial charge in [0.25, 0.3) is 0 Å². The number of carbonyl (C=O) groups excluding carboxylic acids is 3. The number of ether oxygens (including phenoxy) is 1. The molecule has 0 saturated carbocycles. The van der Waals surface area contributed by atoms with E-state index in [0.717, 1.165) is 9.79 Å². The van der Waals surface area contributed by atoms with Crippen LogP contribution in [0.25, 0.3) is 0 Å². The minimum Gasteiger partial charge on any atom is -0.375 e. The molecule has 3 amide bonds. The number of guanidine groups is 1. The van der Waals surface area contributed by atoms with Crippen molar-refractivity contribution in [2.24, 2.45) is 4.99 Å². The fourth-order valence-electron chi connectivity index (χ4n) is 2.26. The van der Waals surface area contributed by atoms with Crippen molar-refractivity contribution >= 4 is 46.8 Å². The lowest BCUT2D eigenvalue weighted by Crippen LogP contribution is -2.41. The molecule has 2 aromatic rings. The number of methoxy groups -OCH3 is 1. The second kappa shape index (κ2) is 11.0. The van der Waals surface area contributed by atoms with E-state index in [-0.39, 0.29) is 18.5 Å². The Morgan fingerprint density at radius 1 is 0.966 bits per heavy atom. The van der Waals surface area contributed by atoms with Crippen LogP contribution in [0.2, 0.25) is 0 Å². The quantitative estimate of drug-likeness (QED) is 0.497. The zero-order chi connectivity index (χ0) is 21.2. The Balaban J connectivity index is 2.39. The molecule has 0 aliphatic carbocycles. The number of rotatable bonds is 6. The van der Waals surface area contributed by atoms with Gasteiger partial charge in [0.2, 0.25) is 23.7 Å². The predicted molar refractivity (Wildman–Crippen MR) is 112 cm³/mol. The summed E-state index contributed by atoms with van der Waals surface area (Å²) in [6.07, 6.45) is 0. The van der Waals surface area contributed by atoms with Gasteiger partial charge in [0.05, 0.1) is 11.4 Å². The van der Waals surface area contributed by atoms with E-state index >= 15 is 0 Å². The highest BCUT2D eigenvalue weighted by molar-refractivity contribution is 7.99. The van der Waals surface area contributed by atoms with E-state index in [0.29, 0.717) is 11.4 Å². The Kier molecular flexibility index (Phi) is 8.38. The maximum atomic E-state index is 12.0. The molecule has 0 aliphatic rings. The number of amides is 3. The number of nitrogens with one attached hydrogen (secondary N) is 3. The van der Waals surface area contributed by atoms with E-state index in [9.17, 15) is 14.4 Å². The van der Waals surface area contributed by atoms with Gasteiger partial charge in [-0.3, -0.25) is 25.0 Å². The summed E-state index contributed by atoms with van der Waals surface area (Å²) >= 11 is 1.52. The van der Waals surface area contributed by atoms with Crippen LogP contribution in [-0.4, -0.2) is 37.4 Å². The maximum Gasteiger partial charge on any atom is 0.250 e. The second-order valence-corrected chi connectivity index (χ2v) is 7.04. The molecule has 0 saturated heterocycles. The van der Waals surface area contributed by atoms with Crippen LogP contribution in [0, 0.1) is 0 Å². The number of benzene rings is 2. The third-order valence-corrected chi connectivity index (χ3v) is 4.32. The van der Waals surface area contributed by atoms with Crippen LogP contribution in [0.5, 0.6) is 0 Å². The molecule has 2 rings (SSSR count). The molecule has 0 fully saturated rings. The van der Waals surface area contributed by atoms with Gasteiger partial charge in [0.1, 0.15) is 6.61 Å². The van der Waals surface area contributed by atoms with Gasteiger partial charge in [-0.25, -0.2) is 4.99 Å². The predicted octanol–water partition coefficient (Wildman–Crippen LogP) is 2.68. The Morgan fingerprint density at radius 3 is 2.21 bits per heavy atom. The first kappa shape index (κ1) is 22.1. The highest BCUT2D eigenvalue weighted by Crippen LogP contribution is 2.34. The normalized spacial score (nSPS) is 10.0. The van der Waals surface area contributed by atoms with Crippen LogP contribution in [0.15, 0.2) is 63.3 Å². The van der Waals surface area contributed by atoms with Crippen LogP contribution >= 0.6 is 11.8 Å². The monoisotopic (exact) mass is 414 g/mol. The molecule has 8 nitrogen and oxygen atoms in total. The van der Waals surface area contributed by atoms with Gasteiger partial charge >= 0.3 is 0 Å². The van der Waals surface area contributed by atoms with E-state index in [2.05, 4.69) is 20.9 Å². The molecule has 0 atom stereocenters. The lowest BCUT2D eigenvalue weighted by Gasteiger charge is -2.12. The lowest BCUT2D eigenvalue weighted by molar-refractivity contribution is -0.120. The third-order valence-electron chi connectivity index (χ3n) is 3.32. The first-order valence-electron chi connectivity index (χ1n) is 8.67. The summed E-state index contributed by atoms with van der Waals surface area (Å²) in [6, 6.07) is 15.1. The van der Waals surface area contributed by atoms with Crippen molar-refractivity contribution in [2.75, 3.05) is 19.0 Å². The Labute approximate surface area is 173 Å². The molecule has 29 heavy (non-hydrogen) atoms. The smallest absolute Gasteiger partial charge is 0.250 e. The molecule has 0 bridgehead atoms. The van der Waals surface area contributed by atoms with Gasteiger partial charge in [-0.15, -0.1) is 0 Å². The van der Waals surface area contributed by atoms with Gasteiger partial charge in [0, 0.05) is 30.7 Å². The zero-order valence-corrected chi connectivity index (χ0v) is 17.1. The molecule has 2 aromatic carbocycles. The summed E-state index contributed by atoms with van der Waals surface area (Å²) in [4.78, 5) is 41.0. The SMILES string of the molecule is COCC(=O)Nc1cc(Sc2ccccc2)ccc1N=C(NC(C)=O)NC(C)=O. The van der Waals surface area contributed by atoms with Crippen molar-refractivity contribution in [1.29, 1.82) is 0 Å². The van der Waals surface area contributed by atoms with Crippen molar-refractivity contribution < 1.29 is 19.1 Å². The number of hydrogen-bond acceptors (Lipinski definition) is 6. The maximum absolute atomic E-state index is 12.0. The third kappa shape index (κ3) is 7.76. The summed E-state index contributed by atoms with van der Waals surface area (Å²) in [5, 5.41) is 7.65. The van der Waals surface area contributed by atoms with Gasteiger partial charge in [-0.05, 0) is 30.3 Å². The van der Waals surface area contributed by atoms with Gasteiger partial charge in [-0.1, -0.05) is 30.0 Å². The first-order chi connectivity index (χ1) is 13.9. The molecule has 152 valence electrons. The summed E-state index contributed by atoms with van der Waals surface area (Å²) in [5.41, 5.74) is 0.783. The van der Waals surface area contributed by atoms with E-state index in [1.807, 2.05) is 36.4 Å². The number of carbonyl (C=O) groups is 3. The topological polar surface area (TPSA) is 109 Å². The molecular weight excluding hydrogens is 392 g/mol. The Morgan fingerprint density at radius 2 is 1.62 bits per heavy atom. The summed E-state index contributed by atoms with van der Waals surface area (Å²) in [5.74, 6) is -1.17. The van der Waals surface area contributed by atoms with Crippen molar-refractivity contribution in [3.05, 3.63) is 48.5 Å². The minimum absolute atomic E-state index is 0.0318. The van der Waals surface area contributed by atoms with Crippen LogP contribution in [0.1, 0.15) is 13.8 Å². The van der Waals surface area contributed by atoms with Crippen LogP contribution in [0.3, 0.4) is 0 Å². The Hall–Kier alpha value is -3.17. The minimum atomic E-state index is -0.390.